The Morgan fingerprint density at radius 3 is 2.75 bits per heavy atom. The van der Waals surface area contributed by atoms with Crippen LogP contribution in [-0.4, -0.2) is 36.2 Å². The van der Waals surface area contributed by atoms with Crippen LogP contribution >= 0.6 is 0 Å². The van der Waals surface area contributed by atoms with E-state index in [0.29, 0.717) is 0 Å². The van der Waals surface area contributed by atoms with Crippen molar-refractivity contribution in [1.82, 2.24) is 14.9 Å². The molecule has 0 aromatic carbocycles. The molecule has 2 heterocycles. The van der Waals surface area contributed by atoms with E-state index >= 15 is 0 Å². The lowest BCUT2D eigenvalue weighted by atomic mass is 9.98. The smallest absolute Gasteiger partial charge is 0.205 e. The molecule has 0 amide bonds. The highest BCUT2D eigenvalue weighted by molar-refractivity contribution is 5.32. The Morgan fingerprint density at radius 1 is 1.35 bits per heavy atom. The number of anilines is 1. The third kappa shape index (κ3) is 3.98. The van der Waals surface area contributed by atoms with Gasteiger partial charge in [0.15, 0.2) is 0 Å². The fourth-order valence-electron chi connectivity index (χ4n) is 2.96. The van der Waals surface area contributed by atoms with E-state index in [9.17, 15) is 0 Å². The fraction of sp³-hybridized carbons (Fsp3) is 0.812. The SMILES string of the molecule is CCCCn1cc(CC)nc1N(C)CC1CCNCC1. The molecular weight excluding hydrogens is 248 g/mol. The molecule has 0 unspecified atom stereocenters. The van der Waals surface area contributed by atoms with Gasteiger partial charge >= 0.3 is 0 Å². The summed E-state index contributed by atoms with van der Waals surface area (Å²) in [5.74, 6) is 1.97. The summed E-state index contributed by atoms with van der Waals surface area (Å²) in [5, 5.41) is 3.44. The monoisotopic (exact) mass is 278 g/mol. The van der Waals surface area contributed by atoms with E-state index in [2.05, 4.69) is 41.9 Å². The molecule has 1 aliphatic rings. The Hall–Kier alpha value is -1.03. The van der Waals surface area contributed by atoms with E-state index in [1.807, 2.05) is 0 Å². The second-order valence-corrected chi connectivity index (χ2v) is 6.01. The Balaban J connectivity index is 2.02. The summed E-state index contributed by atoms with van der Waals surface area (Å²) in [4.78, 5) is 7.19. The molecule has 0 radical (unpaired) electrons. The molecule has 1 aromatic rings. The summed E-state index contributed by atoms with van der Waals surface area (Å²) in [5.41, 5.74) is 1.22. The van der Waals surface area contributed by atoms with Crippen molar-refractivity contribution < 1.29 is 0 Å². The summed E-state index contributed by atoms with van der Waals surface area (Å²) in [6.45, 7) is 8.99. The predicted molar refractivity (Wildman–Crippen MR) is 85.4 cm³/mol. The van der Waals surface area contributed by atoms with Crippen molar-refractivity contribution in [3.63, 3.8) is 0 Å². The predicted octanol–water partition coefficient (Wildman–Crippen LogP) is 2.68. The molecule has 4 heteroatoms. The van der Waals surface area contributed by atoms with Gasteiger partial charge in [-0.05, 0) is 44.7 Å². The standard InChI is InChI=1S/C16H30N4/c1-4-6-11-20-13-15(5-2)18-16(20)19(3)12-14-7-9-17-10-8-14/h13-14,17H,4-12H2,1-3H3. The number of nitrogens with zero attached hydrogens (tertiary/aromatic N) is 3. The van der Waals surface area contributed by atoms with Gasteiger partial charge < -0.3 is 14.8 Å². The van der Waals surface area contributed by atoms with E-state index in [4.69, 9.17) is 4.98 Å². The molecule has 1 saturated heterocycles. The Morgan fingerprint density at radius 2 is 2.10 bits per heavy atom. The van der Waals surface area contributed by atoms with Gasteiger partial charge in [0, 0.05) is 26.3 Å². The zero-order valence-corrected chi connectivity index (χ0v) is 13.4. The number of nitrogens with one attached hydrogen (secondary N) is 1. The van der Waals surface area contributed by atoms with Crippen LogP contribution in [0.3, 0.4) is 0 Å². The fourth-order valence-corrected chi connectivity index (χ4v) is 2.96. The van der Waals surface area contributed by atoms with Crippen LogP contribution in [0, 0.1) is 5.92 Å². The highest BCUT2D eigenvalue weighted by Crippen LogP contribution is 2.19. The lowest BCUT2D eigenvalue weighted by Gasteiger charge is -2.28. The molecule has 4 nitrogen and oxygen atoms in total. The van der Waals surface area contributed by atoms with E-state index in [-0.39, 0.29) is 0 Å². The summed E-state index contributed by atoms with van der Waals surface area (Å²) >= 11 is 0. The van der Waals surface area contributed by atoms with Crippen molar-refractivity contribution in [3.8, 4) is 0 Å². The summed E-state index contributed by atoms with van der Waals surface area (Å²) in [6, 6.07) is 0. The maximum atomic E-state index is 4.82. The van der Waals surface area contributed by atoms with Crippen LogP contribution in [0.2, 0.25) is 0 Å². The third-order valence-electron chi connectivity index (χ3n) is 4.25. The van der Waals surface area contributed by atoms with Crippen molar-refractivity contribution >= 4 is 5.95 Å². The van der Waals surface area contributed by atoms with E-state index in [1.54, 1.807) is 0 Å². The van der Waals surface area contributed by atoms with Crippen molar-refractivity contribution in [1.29, 1.82) is 0 Å². The molecule has 1 aliphatic heterocycles. The van der Waals surface area contributed by atoms with Gasteiger partial charge in [-0.25, -0.2) is 4.98 Å². The molecule has 0 atom stereocenters. The highest BCUT2D eigenvalue weighted by atomic mass is 15.3. The average molecular weight is 278 g/mol. The first-order valence-corrected chi connectivity index (χ1v) is 8.22. The molecule has 1 fully saturated rings. The number of aromatic nitrogens is 2. The van der Waals surface area contributed by atoms with Crippen molar-refractivity contribution in [2.75, 3.05) is 31.6 Å². The maximum absolute atomic E-state index is 4.82. The van der Waals surface area contributed by atoms with Gasteiger partial charge in [0.25, 0.3) is 0 Å². The molecule has 1 aromatic heterocycles. The van der Waals surface area contributed by atoms with Crippen molar-refractivity contribution in [2.24, 2.45) is 5.92 Å². The molecule has 0 bridgehead atoms. The quantitative estimate of drug-likeness (QED) is 0.832. The van der Waals surface area contributed by atoms with Gasteiger partial charge in [0.2, 0.25) is 5.95 Å². The van der Waals surface area contributed by atoms with Gasteiger partial charge in [0.1, 0.15) is 0 Å². The number of aryl methyl sites for hydroxylation is 2. The number of unbranched alkanes of at least 4 members (excludes halogenated alkanes) is 1. The lowest BCUT2D eigenvalue weighted by molar-refractivity contribution is 0.375. The second-order valence-electron chi connectivity index (χ2n) is 6.01. The van der Waals surface area contributed by atoms with Gasteiger partial charge in [0.05, 0.1) is 5.69 Å². The first kappa shape index (κ1) is 15.4. The molecule has 0 aliphatic carbocycles. The van der Waals surface area contributed by atoms with Crippen LogP contribution in [0.1, 0.15) is 45.2 Å². The van der Waals surface area contributed by atoms with Crippen LogP contribution in [0.15, 0.2) is 6.20 Å². The van der Waals surface area contributed by atoms with Crippen LogP contribution in [0.4, 0.5) is 5.95 Å². The van der Waals surface area contributed by atoms with Gasteiger partial charge in [-0.1, -0.05) is 20.3 Å². The molecule has 2 rings (SSSR count). The van der Waals surface area contributed by atoms with E-state index in [1.165, 1.54) is 44.5 Å². The normalized spacial score (nSPS) is 16.6. The van der Waals surface area contributed by atoms with E-state index < -0.39 is 0 Å². The average Bonchev–Trinajstić information content (AvgIpc) is 2.89. The van der Waals surface area contributed by atoms with Crippen molar-refractivity contribution in [3.05, 3.63) is 11.9 Å². The Kier molecular flexibility index (Phi) is 5.89. The summed E-state index contributed by atoms with van der Waals surface area (Å²) in [7, 11) is 2.20. The maximum Gasteiger partial charge on any atom is 0.205 e. The summed E-state index contributed by atoms with van der Waals surface area (Å²) < 4.78 is 2.35. The molecule has 114 valence electrons. The van der Waals surface area contributed by atoms with Crippen LogP contribution in [0.25, 0.3) is 0 Å². The summed E-state index contributed by atoms with van der Waals surface area (Å²) in [6.07, 6.45) is 8.31. The number of rotatable bonds is 7. The lowest BCUT2D eigenvalue weighted by Crippen LogP contribution is -2.35. The number of imidazole rings is 1. The topological polar surface area (TPSA) is 33.1 Å². The Bertz CT molecular complexity index is 393. The van der Waals surface area contributed by atoms with Crippen LogP contribution in [-0.2, 0) is 13.0 Å². The third-order valence-corrected chi connectivity index (χ3v) is 4.25. The van der Waals surface area contributed by atoms with Crippen molar-refractivity contribution in [2.45, 2.75) is 52.5 Å². The highest BCUT2D eigenvalue weighted by Gasteiger charge is 2.18. The number of piperidine rings is 1. The first-order chi connectivity index (χ1) is 9.74. The Labute approximate surface area is 123 Å². The van der Waals surface area contributed by atoms with Crippen LogP contribution in [0.5, 0.6) is 0 Å². The minimum absolute atomic E-state index is 0.808. The van der Waals surface area contributed by atoms with Gasteiger partial charge in [-0.3, -0.25) is 0 Å². The second kappa shape index (κ2) is 7.67. The zero-order chi connectivity index (χ0) is 14.4. The van der Waals surface area contributed by atoms with Gasteiger partial charge in [-0.15, -0.1) is 0 Å². The molecular formula is C16H30N4. The number of hydrogen-bond donors (Lipinski definition) is 1. The molecule has 20 heavy (non-hydrogen) atoms. The molecule has 0 spiro atoms. The zero-order valence-electron chi connectivity index (χ0n) is 13.4. The van der Waals surface area contributed by atoms with Gasteiger partial charge in [-0.2, -0.15) is 0 Å². The molecule has 1 N–H and O–H groups in total. The minimum atomic E-state index is 0.808. The first-order valence-electron chi connectivity index (χ1n) is 8.22. The largest absolute Gasteiger partial charge is 0.345 e. The minimum Gasteiger partial charge on any atom is -0.345 e. The van der Waals surface area contributed by atoms with E-state index in [0.717, 1.165) is 31.4 Å². The number of hydrogen-bond acceptors (Lipinski definition) is 3. The van der Waals surface area contributed by atoms with Crippen LogP contribution < -0.4 is 10.2 Å². The molecule has 0 saturated carbocycles.